The van der Waals surface area contributed by atoms with Gasteiger partial charge in [0.1, 0.15) is 11.9 Å². The number of amides is 2. The van der Waals surface area contributed by atoms with E-state index in [-0.39, 0.29) is 36.6 Å². The Balaban J connectivity index is 2.01. The van der Waals surface area contributed by atoms with Crippen LogP contribution in [0.4, 0.5) is 4.39 Å². The molecule has 0 radical (unpaired) electrons. The van der Waals surface area contributed by atoms with Crippen LogP contribution in [0.5, 0.6) is 0 Å². The molecule has 0 aliphatic heterocycles. The third-order valence-electron chi connectivity index (χ3n) is 5.36. The van der Waals surface area contributed by atoms with E-state index >= 15 is 0 Å². The van der Waals surface area contributed by atoms with Crippen LogP contribution in [0.1, 0.15) is 30.5 Å². The lowest BCUT2D eigenvalue weighted by Crippen LogP contribution is -2.52. The quantitative estimate of drug-likeness (QED) is 0.401. The minimum atomic E-state index is -0.801. The zero-order chi connectivity index (χ0) is 24.7. The average Bonchev–Trinajstić information content (AvgIpc) is 2.79. The summed E-state index contributed by atoms with van der Waals surface area (Å²) in [4.78, 5) is 28.5. The molecule has 1 N–H and O–H groups in total. The normalized spacial score (nSPS) is 11.8. The predicted molar refractivity (Wildman–Crippen MR) is 134 cm³/mol. The van der Waals surface area contributed by atoms with Crippen LogP contribution in [-0.2, 0) is 29.0 Å². The largest absolute Gasteiger partial charge is 0.352 e. The molecule has 178 valence electrons. The number of carbonyl (C=O) groups is 2. The Kier molecular flexibility index (Phi) is 9.08. The summed E-state index contributed by atoms with van der Waals surface area (Å²) in [6.07, 6.45) is 0.319. The molecule has 0 saturated heterocycles. The first-order valence-electron chi connectivity index (χ1n) is 11.1. The van der Waals surface area contributed by atoms with Crippen molar-refractivity contribution in [1.29, 1.82) is 0 Å². The fourth-order valence-electron chi connectivity index (χ4n) is 3.67. The molecule has 4 nitrogen and oxygen atoms in total. The van der Waals surface area contributed by atoms with E-state index in [1.807, 2.05) is 44.2 Å². The molecule has 0 fully saturated rings. The van der Waals surface area contributed by atoms with Crippen molar-refractivity contribution in [3.05, 3.63) is 105 Å². The highest BCUT2D eigenvalue weighted by Gasteiger charge is 2.31. The monoisotopic (exact) mass is 500 g/mol. The lowest BCUT2D eigenvalue weighted by atomic mass is 10.0. The van der Waals surface area contributed by atoms with Crippen molar-refractivity contribution in [2.75, 3.05) is 0 Å². The molecule has 0 aliphatic rings. The second kappa shape index (κ2) is 12.0. The second-order valence-corrected chi connectivity index (χ2v) is 9.21. The Bertz CT molecular complexity index is 1100. The molecule has 7 heteroatoms. The minimum Gasteiger partial charge on any atom is -0.352 e. The predicted octanol–water partition coefficient (Wildman–Crippen LogP) is 5.84. The standard InChI is InChI=1S/C27H27Cl2FN2O2/c1-18(2)31-27(34)25(15-19-7-4-3-5-8-19)32(17-22-23(28)9-6-10-24(22)29)26(33)16-20-11-13-21(30)14-12-20/h3-14,18,25H,15-17H2,1-2H3,(H,31,34)/t25-/m0/s1. The van der Waals surface area contributed by atoms with E-state index in [0.717, 1.165) is 5.56 Å². The van der Waals surface area contributed by atoms with E-state index in [0.29, 0.717) is 27.6 Å². The van der Waals surface area contributed by atoms with Gasteiger partial charge in [0.2, 0.25) is 11.8 Å². The number of halogens is 3. The first kappa shape index (κ1) is 25.7. The van der Waals surface area contributed by atoms with E-state index in [1.165, 1.54) is 17.0 Å². The number of hydrogen-bond donors (Lipinski definition) is 1. The SMILES string of the molecule is CC(C)NC(=O)[C@H](Cc1ccccc1)N(Cc1c(Cl)cccc1Cl)C(=O)Cc1ccc(F)cc1. The maximum absolute atomic E-state index is 13.6. The molecule has 0 aliphatic carbocycles. The molecule has 2 amide bonds. The molecule has 3 aromatic rings. The van der Waals surface area contributed by atoms with Crippen LogP contribution in [0.3, 0.4) is 0 Å². The summed E-state index contributed by atoms with van der Waals surface area (Å²) < 4.78 is 13.4. The highest BCUT2D eigenvalue weighted by atomic mass is 35.5. The van der Waals surface area contributed by atoms with E-state index < -0.39 is 6.04 Å². The summed E-state index contributed by atoms with van der Waals surface area (Å²) in [7, 11) is 0. The van der Waals surface area contributed by atoms with Gasteiger partial charge >= 0.3 is 0 Å². The maximum Gasteiger partial charge on any atom is 0.243 e. The summed E-state index contributed by atoms with van der Waals surface area (Å²) in [6.45, 7) is 3.79. The Labute approximate surface area is 209 Å². The summed E-state index contributed by atoms with van der Waals surface area (Å²) >= 11 is 12.8. The molecular weight excluding hydrogens is 474 g/mol. The Morgan fingerprint density at radius 1 is 0.882 bits per heavy atom. The number of carbonyl (C=O) groups excluding carboxylic acids is 2. The van der Waals surface area contributed by atoms with Crippen LogP contribution in [0.2, 0.25) is 10.0 Å². The van der Waals surface area contributed by atoms with Crippen LogP contribution in [0, 0.1) is 5.82 Å². The van der Waals surface area contributed by atoms with Crippen molar-refractivity contribution >= 4 is 35.0 Å². The maximum atomic E-state index is 13.6. The van der Waals surface area contributed by atoms with Gasteiger partial charge in [0.05, 0.1) is 6.42 Å². The molecule has 3 aromatic carbocycles. The molecule has 0 unspecified atom stereocenters. The van der Waals surface area contributed by atoms with Crippen LogP contribution in [-0.4, -0.2) is 28.8 Å². The van der Waals surface area contributed by atoms with E-state index in [2.05, 4.69) is 5.32 Å². The number of nitrogens with one attached hydrogen (secondary N) is 1. The fraction of sp³-hybridized carbons (Fsp3) is 0.259. The molecule has 34 heavy (non-hydrogen) atoms. The Morgan fingerprint density at radius 3 is 2.09 bits per heavy atom. The van der Waals surface area contributed by atoms with Gasteiger partial charge in [0.25, 0.3) is 0 Å². The van der Waals surface area contributed by atoms with Crippen LogP contribution in [0.25, 0.3) is 0 Å². The number of rotatable bonds is 9. The molecule has 0 spiro atoms. The first-order chi connectivity index (χ1) is 16.2. The van der Waals surface area contributed by atoms with E-state index in [4.69, 9.17) is 23.2 Å². The van der Waals surface area contributed by atoms with Gasteiger partial charge in [-0.15, -0.1) is 0 Å². The van der Waals surface area contributed by atoms with Gasteiger partial charge in [0, 0.05) is 34.6 Å². The van der Waals surface area contributed by atoms with Crippen molar-refractivity contribution in [1.82, 2.24) is 10.2 Å². The number of nitrogens with zero attached hydrogens (tertiary/aromatic N) is 1. The topological polar surface area (TPSA) is 49.4 Å². The smallest absolute Gasteiger partial charge is 0.243 e. The summed E-state index contributed by atoms with van der Waals surface area (Å²) in [6, 6.07) is 19.5. The Hall–Kier alpha value is -2.89. The van der Waals surface area contributed by atoms with Crippen LogP contribution < -0.4 is 5.32 Å². The van der Waals surface area contributed by atoms with Gasteiger partial charge in [-0.25, -0.2) is 4.39 Å². The average molecular weight is 501 g/mol. The summed E-state index contributed by atoms with van der Waals surface area (Å²) in [5, 5.41) is 3.76. The molecule has 3 rings (SSSR count). The zero-order valence-electron chi connectivity index (χ0n) is 19.1. The van der Waals surface area contributed by atoms with Crippen molar-refractivity contribution in [3.8, 4) is 0 Å². The highest BCUT2D eigenvalue weighted by molar-refractivity contribution is 6.36. The molecule has 0 aromatic heterocycles. The Morgan fingerprint density at radius 2 is 1.50 bits per heavy atom. The summed E-state index contributed by atoms with van der Waals surface area (Å²) in [5.74, 6) is -0.939. The molecule has 0 saturated carbocycles. The third-order valence-corrected chi connectivity index (χ3v) is 6.07. The molecule has 0 bridgehead atoms. The molecule has 1 atom stereocenters. The van der Waals surface area contributed by atoms with Gasteiger partial charge in [-0.3, -0.25) is 9.59 Å². The van der Waals surface area contributed by atoms with Crippen molar-refractivity contribution in [3.63, 3.8) is 0 Å². The summed E-state index contributed by atoms with van der Waals surface area (Å²) in [5.41, 5.74) is 2.12. The number of benzene rings is 3. The van der Waals surface area contributed by atoms with Gasteiger partial charge < -0.3 is 10.2 Å². The van der Waals surface area contributed by atoms with Crippen molar-refractivity contribution < 1.29 is 14.0 Å². The van der Waals surface area contributed by atoms with E-state index in [9.17, 15) is 14.0 Å². The van der Waals surface area contributed by atoms with Gasteiger partial charge in [-0.2, -0.15) is 0 Å². The highest BCUT2D eigenvalue weighted by Crippen LogP contribution is 2.27. The van der Waals surface area contributed by atoms with Crippen LogP contribution in [0.15, 0.2) is 72.8 Å². The molecule has 0 heterocycles. The van der Waals surface area contributed by atoms with Gasteiger partial charge in [-0.1, -0.05) is 71.7 Å². The van der Waals surface area contributed by atoms with Crippen molar-refractivity contribution in [2.45, 2.75) is 45.3 Å². The zero-order valence-corrected chi connectivity index (χ0v) is 20.6. The lowest BCUT2D eigenvalue weighted by molar-refractivity contribution is -0.141. The number of hydrogen-bond acceptors (Lipinski definition) is 2. The van der Waals surface area contributed by atoms with Crippen molar-refractivity contribution in [2.24, 2.45) is 0 Å². The van der Waals surface area contributed by atoms with Gasteiger partial charge in [-0.05, 0) is 49.2 Å². The second-order valence-electron chi connectivity index (χ2n) is 8.39. The first-order valence-corrected chi connectivity index (χ1v) is 11.8. The molecular formula is C27H27Cl2FN2O2. The lowest BCUT2D eigenvalue weighted by Gasteiger charge is -2.32. The third kappa shape index (κ3) is 7.05. The minimum absolute atomic E-state index is 0.00258. The fourth-order valence-corrected chi connectivity index (χ4v) is 4.18. The van der Waals surface area contributed by atoms with E-state index in [1.54, 1.807) is 30.3 Å². The van der Waals surface area contributed by atoms with Crippen LogP contribution >= 0.6 is 23.2 Å². The van der Waals surface area contributed by atoms with Gasteiger partial charge in [0.15, 0.2) is 0 Å².